The van der Waals surface area contributed by atoms with Gasteiger partial charge in [-0.1, -0.05) is 0 Å². The molecule has 1 aliphatic rings. The van der Waals surface area contributed by atoms with Crippen LogP contribution in [0.15, 0.2) is 22.9 Å². The van der Waals surface area contributed by atoms with E-state index in [1.54, 1.807) is 11.3 Å². The standard InChI is InChI=1S/C16H16N2S2/c1-10-6-12(19-8-10)15-16(13-7-11(2)9-20-13)18-5-3-4-14(18)17-15/h6-9H,3-5H2,1-2H3. The van der Waals surface area contributed by atoms with E-state index < -0.39 is 0 Å². The van der Waals surface area contributed by atoms with Gasteiger partial charge in [-0.2, -0.15) is 0 Å². The molecule has 3 aromatic heterocycles. The van der Waals surface area contributed by atoms with Gasteiger partial charge in [0.05, 0.1) is 15.4 Å². The van der Waals surface area contributed by atoms with Gasteiger partial charge in [-0.15, -0.1) is 22.7 Å². The molecule has 2 nitrogen and oxygen atoms in total. The fourth-order valence-corrected chi connectivity index (χ4v) is 4.70. The molecule has 102 valence electrons. The summed E-state index contributed by atoms with van der Waals surface area (Å²) in [5.41, 5.74) is 5.18. The lowest BCUT2D eigenvalue weighted by Gasteiger charge is -2.04. The maximum Gasteiger partial charge on any atom is 0.110 e. The molecule has 0 aliphatic carbocycles. The van der Waals surface area contributed by atoms with Gasteiger partial charge in [-0.25, -0.2) is 4.98 Å². The average Bonchev–Trinajstić information content (AvgIpc) is 3.11. The minimum Gasteiger partial charge on any atom is -0.327 e. The SMILES string of the molecule is Cc1csc(-c2nc3n(c2-c2cc(C)cs2)CCC3)c1. The number of hydrogen-bond donors (Lipinski definition) is 0. The van der Waals surface area contributed by atoms with Gasteiger partial charge in [0.2, 0.25) is 0 Å². The van der Waals surface area contributed by atoms with Crippen molar-refractivity contribution in [1.29, 1.82) is 0 Å². The van der Waals surface area contributed by atoms with Crippen LogP contribution in [0.3, 0.4) is 0 Å². The van der Waals surface area contributed by atoms with Gasteiger partial charge in [0, 0.05) is 13.0 Å². The van der Waals surface area contributed by atoms with E-state index in [2.05, 4.69) is 41.3 Å². The molecule has 0 saturated carbocycles. The molecule has 4 rings (SSSR count). The predicted molar refractivity (Wildman–Crippen MR) is 86.6 cm³/mol. The van der Waals surface area contributed by atoms with Crippen molar-refractivity contribution < 1.29 is 0 Å². The molecule has 0 bridgehead atoms. The normalized spacial score (nSPS) is 13.9. The van der Waals surface area contributed by atoms with Crippen LogP contribution >= 0.6 is 22.7 Å². The van der Waals surface area contributed by atoms with Crippen molar-refractivity contribution in [2.75, 3.05) is 0 Å². The summed E-state index contributed by atoms with van der Waals surface area (Å²) in [5, 5.41) is 4.44. The van der Waals surface area contributed by atoms with E-state index in [4.69, 9.17) is 4.98 Å². The summed E-state index contributed by atoms with van der Waals surface area (Å²) in [6.45, 7) is 5.42. The minimum atomic E-state index is 1.11. The second-order valence-corrected chi connectivity index (χ2v) is 7.28. The lowest BCUT2D eigenvalue weighted by Crippen LogP contribution is -1.94. The second kappa shape index (κ2) is 4.57. The van der Waals surface area contributed by atoms with Crippen LogP contribution in [0.1, 0.15) is 23.4 Å². The zero-order chi connectivity index (χ0) is 13.7. The Kier molecular flexibility index (Phi) is 2.82. The highest BCUT2D eigenvalue weighted by Gasteiger charge is 2.24. The summed E-state index contributed by atoms with van der Waals surface area (Å²) in [5.74, 6) is 1.26. The summed E-state index contributed by atoms with van der Waals surface area (Å²) < 4.78 is 2.43. The lowest BCUT2D eigenvalue weighted by molar-refractivity contribution is 0.757. The van der Waals surface area contributed by atoms with E-state index in [-0.39, 0.29) is 0 Å². The first-order valence-electron chi connectivity index (χ1n) is 6.93. The van der Waals surface area contributed by atoms with Crippen molar-refractivity contribution in [1.82, 2.24) is 9.55 Å². The molecule has 0 spiro atoms. The summed E-state index contributed by atoms with van der Waals surface area (Å²) >= 11 is 3.64. The van der Waals surface area contributed by atoms with Gasteiger partial charge >= 0.3 is 0 Å². The number of imidazole rings is 1. The molecule has 0 amide bonds. The highest BCUT2D eigenvalue weighted by molar-refractivity contribution is 7.14. The molecule has 0 atom stereocenters. The molecule has 20 heavy (non-hydrogen) atoms. The van der Waals surface area contributed by atoms with Gasteiger partial charge < -0.3 is 4.57 Å². The first kappa shape index (κ1) is 12.4. The van der Waals surface area contributed by atoms with Crippen LogP contribution in [0.2, 0.25) is 0 Å². The number of fused-ring (bicyclic) bond motifs is 1. The monoisotopic (exact) mass is 300 g/mol. The van der Waals surface area contributed by atoms with Crippen LogP contribution in [0.25, 0.3) is 21.1 Å². The van der Waals surface area contributed by atoms with Crippen molar-refractivity contribution in [3.8, 4) is 21.1 Å². The highest BCUT2D eigenvalue weighted by atomic mass is 32.1. The number of rotatable bonds is 2. The van der Waals surface area contributed by atoms with Gasteiger partial charge in [-0.05, 0) is 54.3 Å². The van der Waals surface area contributed by atoms with E-state index in [1.165, 1.54) is 44.5 Å². The van der Waals surface area contributed by atoms with Crippen molar-refractivity contribution in [3.05, 3.63) is 39.8 Å². The van der Waals surface area contributed by atoms with E-state index >= 15 is 0 Å². The molecule has 0 saturated heterocycles. The Morgan fingerprint density at radius 3 is 2.40 bits per heavy atom. The average molecular weight is 300 g/mol. The molecule has 0 radical (unpaired) electrons. The van der Waals surface area contributed by atoms with Gasteiger partial charge in [0.1, 0.15) is 11.5 Å². The number of aryl methyl sites for hydroxylation is 3. The molecule has 0 aromatic carbocycles. The summed E-state index contributed by atoms with van der Waals surface area (Å²) in [4.78, 5) is 7.59. The quantitative estimate of drug-likeness (QED) is 0.658. The maximum absolute atomic E-state index is 4.94. The van der Waals surface area contributed by atoms with Crippen LogP contribution < -0.4 is 0 Å². The number of hydrogen-bond acceptors (Lipinski definition) is 3. The first-order valence-corrected chi connectivity index (χ1v) is 8.69. The Bertz CT molecular complexity index is 776. The summed E-state index contributed by atoms with van der Waals surface area (Å²) in [7, 11) is 0. The van der Waals surface area contributed by atoms with Crippen LogP contribution in [0, 0.1) is 13.8 Å². The van der Waals surface area contributed by atoms with Crippen molar-refractivity contribution in [3.63, 3.8) is 0 Å². The van der Waals surface area contributed by atoms with Crippen molar-refractivity contribution >= 4 is 22.7 Å². The van der Waals surface area contributed by atoms with Crippen molar-refractivity contribution in [2.45, 2.75) is 33.2 Å². The van der Waals surface area contributed by atoms with Crippen LogP contribution in [-0.2, 0) is 13.0 Å². The maximum atomic E-state index is 4.94. The van der Waals surface area contributed by atoms with Crippen LogP contribution in [-0.4, -0.2) is 9.55 Å². The zero-order valence-corrected chi connectivity index (χ0v) is 13.3. The van der Waals surface area contributed by atoms with E-state index in [9.17, 15) is 0 Å². The van der Waals surface area contributed by atoms with Gasteiger partial charge in [0.25, 0.3) is 0 Å². The van der Waals surface area contributed by atoms with Gasteiger partial charge in [-0.3, -0.25) is 0 Å². The third kappa shape index (κ3) is 1.86. The third-order valence-electron chi connectivity index (χ3n) is 3.76. The van der Waals surface area contributed by atoms with E-state index in [0.717, 1.165) is 13.0 Å². The molecule has 0 unspecified atom stereocenters. The second-order valence-electron chi connectivity index (χ2n) is 5.46. The fourth-order valence-electron chi connectivity index (χ4n) is 2.86. The number of thiophene rings is 2. The first-order chi connectivity index (χ1) is 9.72. The Morgan fingerprint density at radius 2 is 1.75 bits per heavy atom. The molecule has 0 N–H and O–H groups in total. The molecule has 4 heterocycles. The Hall–Kier alpha value is -1.39. The van der Waals surface area contributed by atoms with Crippen LogP contribution in [0.4, 0.5) is 0 Å². The zero-order valence-electron chi connectivity index (χ0n) is 11.6. The Labute approximate surface area is 126 Å². The Morgan fingerprint density at radius 1 is 1.05 bits per heavy atom. The van der Waals surface area contributed by atoms with Crippen LogP contribution in [0.5, 0.6) is 0 Å². The number of nitrogens with zero attached hydrogens (tertiary/aromatic N) is 2. The molecular weight excluding hydrogens is 284 g/mol. The molecule has 3 aromatic rings. The van der Waals surface area contributed by atoms with E-state index in [1.807, 2.05) is 11.3 Å². The fraction of sp³-hybridized carbons (Fsp3) is 0.312. The largest absolute Gasteiger partial charge is 0.327 e. The van der Waals surface area contributed by atoms with Crippen molar-refractivity contribution in [2.24, 2.45) is 0 Å². The topological polar surface area (TPSA) is 17.8 Å². The molecular formula is C16H16N2S2. The van der Waals surface area contributed by atoms with Gasteiger partial charge in [0.15, 0.2) is 0 Å². The minimum absolute atomic E-state index is 1.11. The third-order valence-corrected chi connectivity index (χ3v) is 5.87. The van der Waals surface area contributed by atoms with E-state index in [0.29, 0.717) is 0 Å². The lowest BCUT2D eigenvalue weighted by atomic mass is 10.2. The number of aromatic nitrogens is 2. The smallest absolute Gasteiger partial charge is 0.110 e. The predicted octanol–water partition coefficient (Wildman–Crippen LogP) is 4.90. The Balaban J connectivity index is 1.95. The summed E-state index contributed by atoms with van der Waals surface area (Å²) in [6.07, 6.45) is 2.34. The highest BCUT2D eigenvalue weighted by Crippen LogP contribution is 2.40. The molecule has 0 fully saturated rings. The molecule has 4 heteroatoms. The molecule has 1 aliphatic heterocycles. The summed E-state index contributed by atoms with van der Waals surface area (Å²) in [6, 6.07) is 4.55.